The van der Waals surface area contributed by atoms with E-state index in [0.717, 1.165) is 28.5 Å². The predicted molar refractivity (Wildman–Crippen MR) is 89.1 cm³/mol. The molecule has 7 atom stereocenters. The fourth-order valence-corrected chi connectivity index (χ4v) is 8.41. The predicted octanol–water partition coefficient (Wildman–Crippen LogP) is 6.18. The molecule has 0 heterocycles. The molecule has 4 aliphatic rings. The topological polar surface area (TPSA) is 0 Å². The van der Waals surface area contributed by atoms with E-state index in [1.54, 1.807) is 32.1 Å². The summed E-state index contributed by atoms with van der Waals surface area (Å²) in [6.07, 6.45) is 15.2. The molecule has 4 fully saturated rings. The quantitative estimate of drug-likeness (QED) is 0.462. The Hall–Kier alpha value is 0.480. The second-order valence-electron chi connectivity index (χ2n) is 9.13. The summed E-state index contributed by atoms with van der Waals surface area (Å²) >= 11 is 3.96. The number of alkyl halides is 1. The van der Waals surface area contributed by atoms with Crippen molar-refractivity contribution < 1.29 is 0 Å². The van der Waals surface area contributed by atoms with Crippen LogP contribution >= 0.6 is 15.9 Å². The van der Waals surface area contributed by atoms with Crippen LogP contribution < -0.4 is 0 Å². The minimum absolute atomic E-state index is 0.674. The zero-order valence-electron chi connectivity index (χ0n) is 13.3. The molecule has 0 N–H and O–H groups in total. The number of hydrogen-bond donors (Lipinski definition) is 0. The summed E-state index contributed by atoms with van der Waals surface area (Å²) in [6.45, 7) is 5.31. The Morgan fingerprint density at radius 2 is 1.75 bits per heavy atom. The van der Waals surface area contributed by atoms with E-state index in [0.29, 0.717) is 10.8 Å². The molecule has 0 radical (unpaired) electrons. The Labute approximate surface area is 133 Å². The highest BCUT2D eigenvalue weighted by Gasteiger charge is 2.58. The van der Waals surface area contributed by atoms with E-state index < -0.39 is 0 Å². The van der Waals surface area contributed by atoms with Crippen molar-refractivity contribution in [3.63, 3.8) is 0 Å². The maximum absolute atomic E-state index is 3.96. The Morgan fingerprint density at radius 3 is 2.60 bits per heavy atom. The van der Waals surface area contributed by atoms with Crippen molar-refractivity contribution in [1.82, 2.24) is 0 Å². The maximum Gasteiger partial charge on any atom is 0.0154 e. The summed E-state index contributed by atoms with van der Waals surface area (Å²) in [4.78, 5) is 0.813. The molecule has 1 heteroatoms. The lowest BCUT2D eigenvalue weighted by atomic mass is 9.45. The highest BCUT2D eigenvalue weighted by atomic mass is 79.9. The van der Waals surface area contributed by atoms with Gasteiger partial charge in [0.2, 0.25) is 0 Å². The molecule has 0 bridgehead atoms. The molecule has 0 aromatic carbocycles. The summed E-state index contributed by atoms with van der Waals surface area (Å²) in [5, 5.41) is 0. The standard InChI is InChI=1S/C19H31Br/c1-18-10-8-16-15(17(18)11-14(20)12-18)7-6-13-5-3-4-9-19(13,16)2/h13-17H,3-12H2,1-2H3/t13-,14-,15-,16+,17+,18-,19+/m1/s1. The molecule has 0 aromatic rings. The summed E-state index contributed by atoms with van der Waals surface area (Å²) in [6, 6.07) is 0. The van der Waals surface area contributed by atoms with Crippen molar-refractivity contribution in [2.45, 2.75) is 82.9 Å². The average Bonchev–Trinajstić information content (AvgIpc) is 2.72. The number of fused-ring (bicyclic) bond motifs is 5. The number of hydrogen-bond acceptors (Lipinski definition) is 0. The Bertz CT molecular complexity index is 391. The van der Waals surface area contributed by atoms with Gasteiger partial charge in [-0.3, -0.25) is 0 Å². The molecular formula is C19H31Br. The van der Waals surface area contributed by atoms with Crippen LogP contribution in [0.15, 0.2) is 0 Å². The summed E-state index contributed by atoms with van der Waals surface area (Å²) < 4.78 is 0. The van der Waals surface area contributed by atoms with Gasteiger partial charge < -0.3 is 0 Å². The van der Waals surface area contributed by atoms with Gasteiger partial charge in [0.1, 0.15) is 0 Å². The van der Waals surface area contributed by atoms with Crippen molar-refractivity contribution in [3.8, 4) is 0 Å². The van der Waals surface area contributed by atoms with Crippen LogP contribution in [0.3, 0.4) is 0 Å². The maximum atomic E-state index is 3.96. The largest absolute Gasteiger partial charge is 0.0890 e. The first-order chi connectivity index (χ1) is 9.53. The zero-order chi connectivity index (χ0) is 14.0. The molecule has 4 rings (SSSR count). The normalized spacial score (nSPS) is 58.6. The lowest BCUT2D eigenvalue weighted by Gasteiger charge is -2.60. The van der Waals surface area contributed by atoms with Gasteiger partial charge in [-0.2, -0.15) is 0 Å². The third-order valence-corrected chi connectivity index (χ3v) is 9.00. The minimum Gasteiger partial charge on any atom is -0.0890 e. The van der Waals surface area contributed by atoms with Crippen LogP contribution in [-0.4, -0.2) is 4.83 Å². The summed E-state index contributed by atoms with van der Waals surface area (Å²) in [5.41, 5.74) is 1.39. The van der Waals surface area contributed by atoms with Crippen LogP contribution in [0, 0.1) is 34.5 Å². The SMILES string of the molecule is C[C@]12CC[C@H]3[C@@H](CC[C@H]4CCCC[C@@]43C)[C@@H]1C[C@@H](Br)C2. The number of rotatable bonds is 0. The Balaban J connectivity index is 1.64. The van der Waals surface area contributed by atoms with Gasteiger partial charge >= 0.3 is 0 Å². The van der Waals surface area contributed by atoms with Gasteiger partial charge in [0, 0.05) is 4.83 Å². The van der Waals surface area contributed by atoms with Crippen molar-refractivity contribution in [1.29, 1.82) is 0 Å². The van der Waals surface area contributed by atoms with Crippen LogP contribution in [-0.2, 0) is 0 Å². The van der Waals surface area contributed by atoms with Crippen molar-refractivity contribution in [2.24, 2.45) is 34.5 Å². The molecule has 0 nitrogen and oxygen atoms in total. The van der Waals surface area contributed by atoms with Crippen LogP contribution in [0.1, 0.15) is 78.1 Å². The molecule has 4 aliphatic carbocycles. The van der Waals surface area contributed by atoms with Gasteiger partial charge in [-0.05, 0) is 85.9 Å². The van der Waals surface area contributed by atoms with Crippen LogP contribution in [0.5, 0.6) is 0 Å². The van der Waals surface area contributed by atoms with E-state index in [2.05, 4.69) is 29.8 Å². The van der Waals surface area contributed by atoms with E-state index in [1.807, 2.05) is 0 Å². The number of halogens is 1. The molecule has 0 unspecified atom stereocenters. The van der Waals surface area contributed by atoms with Gasteiger partial charge in [-0.15, -0.1) is 0 Å². The molecular weight excluding hydrogens is 308 g/mol. The van der Waals surface area contributed by atoms with Gasteiger partial charge in [0.15, 0.2) is 0 Å². The fourth-order valence-electron chi connectivity index (χ4n) is 7.27. The van der Waals surface area contributed by atoms with Crippen LogP contribution in [0.2, 0.25) is 0 Å². The second kappa shape index (κ2) is 4.74. The minimum atomic E-state index is 0.674. The van der Waals surface area contributed by atoms with Gasteiger partial charge in [0.05, 0.1) is 0 Å². The first kappa shape index (κ1) is 14.1. The van der Waals surface area contributed by atoms with Crippen LogP contribution in [0.25, 0.3) is 0 Å². The lowest BCUT2D eigenvalue weighted by Crippen LogP contribution is -2.51. The molecule has 20 heavy (non-hydrogen) atoms. The van der Waals surface area contributed by atoms with Crippen molar-refractivity contribution in [2.75, 3.05) is 0 Å². The zero-order valence-corrected chi connectivity index (χ0v) is 14.9. The Morgan fingerprint density at radius 1 is 0.900 bits per heavy atom. The van der Waals surface area contributed by atoms with Gasteiger partial charge in [0.25, 0.3) is 0 Å². The monoisotopic (exact) mass is 338 g/mol. The van der Waals surface area contributed by atoms with E-state index in [1.165, 1.54) is 32.1 Å². The first-order valence-corrected chi connectivity index (χ1v) is 10.1. The van der Waals surface area contributed by atoms with E-state index >= 15 is 0 Å². The van der Waals surface area contributed by atoms with E-state index in [9.17, 15) is 0 Å². The molecule has 4 saturated carbocycles. The molecule has 0 aliphatic heterocycles. The van der Waals surface area contributed by atoms with Gasteiger partial charge in [-0.1, -0.05) is 42.6 Å². The molecule has 114 valence electrons. The van der Waals surface area contributed by atoms with Crippen LogP contribution in [0.4, 0.5) is 0 Å². The smallest absolute Gasteiger partial charge is 0.0154 e. The third-order valence-electron chi connectivity index (χ3n) is 8.30. The molecule has 0 saturated heterocycles. The molecule has 0 aromatic heterocycles. The summed E-state index contributed by atoms with van der Waals surface area (Å²) in [7, 11) is 0. The molecule has 0 amide bonds. The summed E-state index contributed by atoms with van der Waals surface area (Å²) in [5.74, 6) is 4.24. The Kier molecular flexibility index (Phi) is 3.34. The van der Waals surface area contributed by atoms with E-state index in [-0.39, 0.29) is 0 Å². The molecule has 0 spiro atoms. The van der Waals surface area contributed by atoms with Gasteiger partial charge in [-0.25, -0.2) is 0 Å². The first-order valence-electron chi connectivity index (χ1n) is 9.17. The highest BCUT2D eigenvalue weighted by Crippen LogP contribution is 2.66. The highest BCUT2D eigenvalue weighted by molar-refractivity contribution is 9.09. The lowest BCUT2D eigenvalue weighted by molar-refractivity contribution is -0.103. The van der Waals surface area contributed by atoms with Crippen molar-refractivity contribution in [3.05, 3.63) is 0 Å². The van der Waals surface area contributed by atoms with E-state index in [4.69, 9.17) is 0 Å². The average molecular weight is 339 g/mol. The van der Waals surface area contributed by atoms with Crippen molar-refractivity contribution >= 4 is 15.9 Å². The second-order valence-corrected chi connectivity index (χ2v) is 10.4. The third kappa shape index (κ3) is 1.90. The fraction of sp³-hybridized carbons (Fsp3) is 1.00.